The molecule has 32 heavy (non-hydrogen) atoms. The van der Waals surface area contributed by atoms with Crippen molar-refractivity contribution in [1.82, 2.24) is 0 Å². The molecule has 0 radical (unpaired) electrons. The number of hydrogen-bond donors (Lipinski definition) is 0. The number of non-ortho nitro benzene ring substituents is 2. The third-order valence-corrected chi connectivity index (χ3v) is 5.00. The van der Waals surface area contributed by atoms with Gasteiger partial charge in [0.2, 0.25) is 0 Å². The predicted molar refractivity (Wildman–Crippen MR) is 108 cm³/mol. The summed E-state index contributed by atoms with van der Waals surface area (Å²) in [4.78, 5) is 59.0. The standard InChI is InChI=1S/C19H10N4O9/c1-32-9-2-5-12(15(8-9)23(30)31)20-18(24)10-3-6-13(21(26)27)17-14(22(28)29)7-4-11(16(10)17)19(20)25/h2-8H,1H3. The minimum Gasteiger partial charge on any atom is -0.496 e. The van der Waals surface area contributed by atoms with Gasteiger partial charge in [-0.25, -0.2) is 4.90 Å². The zero-order chi connectivity index (χ0) is 23.3. The van der Waals surface area contributed by atoms with Crippen molar-refractivity contribution < 1.29 is 29.1 Å². The summed E-state index contributed by atoms with van der Waals surface area (Å²) in [5.41, 5.74) is -2.72. The number of benzene rings is 3. The van der Waals surface area contributed by atoms with Crippen LogP contribution in [0.3, 0.4) is 0 Å². The number of rotatable bonds is 5. The van der Waals surface area contributed by atoms with Crippen molar-refractivity contribution >= 4 is 45.3 Å². The molecule has 13 heteroatoms. The average Bonchev–Trinajstić information content (AvgIpc) is 2.76. The Morgan fingerprint density at radius 1 is 0.719 bits per heavy atom. The van der Waals surface area contributed by atoms with Crippen molar-refractivity contribution in [2.75, 3.05) is 12.0 Å². The quantitative estimate of drug-likeness (QED) is 0.328. The first kappa shape index (κ1) is 20.3. The summed E-state index contributed by atoms with van der Waals surface area (Å²) in [5, 5.41) is 33.8. The van der Waals surface area contributed by atoms with Gasteiger partial charge >= 0.3 is 0 Å². The third-order valence-electron chi connectivity index (χ3n) is 5.00. The summed E-state index contributed by atoms with van der Waals surface area (Å²) in [5.74, 6) is -1.92. The molecule has 1 aliphatic rings. The fourth-order valence-electron chi connectivity index (χ4n) is 3.64. The maximum Gasteiger partial charge on any atom is 0.297 e. The van der Waals surface area contributed by atoms with E-state index in [-0.39, 0.29) is 28.0 Å². The lowest BCUT2D eigenvalue weighted by atomic mass is 9.91. The van der Waals surface area contributed by atoms with Gasteiger partial charge in [0.15, 0.2) is 0 Å². The number of nitrogens with zero attached hydrogens (tertiary/aromatic N) is 4. The number of methoxy groups -OCH3 is 1. The zero-order valence-corrected chi connectivity index (χ0v) is 16.0. The van der Waals surface area contributed by atoms with Gasteiger partial charge in [0.1, 0.15) is 16.8 Å². The Kier molecular flexibility index (Phi) is 4.50. The molecule has 1 heterocycles. The van der Waals surface area contributed by atoms with Gasteiger partial charge in [0, 0.05) is 28.6 Å². The van der Waals surface area contributed by atoms with Crippen LogP contribution in [0.1, 0.15) is 20.7 Å². The molecule has 0 fully saturated rings. The highest BCUT2D eigenvalue weighted by atomic mass is 16.6. The summed E-state index contributed by atoms with van der Waals surface area (Å²) in [6.07, 6.45) is 0. The van der Waals surface area contributed by atoms with Crippen LogP contribution in [-0.2, 0) is 0 Å². The summed E-state index contributed by atoms with van der Waals surface area (Å²) in [7, 11) is 1.28. The van der Waals surface area contributed by atoms with Gasteiger partial charge in [-0.15, -0.1) is 0 Å². The largest absolute Gasteiger partial charge is 0.496 e. The molecule has 4 rings (SSSR count). The van der Waals surface area contributed by atoms with Crippen LogP contribution in [0.2, 0.25) is 0 Å². The van der Waals surface area contributed by atoms with Gasteiger partial charge in [0.25, 0.3) is 28.9 Å². The van der Waals surface area contributed by atoms with E-state index >= 15 is 0 Å². The topological polar surface area (TPSA) is 176 Å². The van der Waals surface area contributed by atoms with Crippen LogP contribution < -0.4 is 9.64 Å². The van der Waals surface area contributed by atoms with Crippen LogP contribution in [0.5, 0.6) is 5.75 Å². The second-order valence-electron chi connectivity index (χ2n) is 6.59. The number of ether oxygens (including phenoxy) is 1. The number of carbonyl (C=O) groups excluding carboxylic acids is 2. The highest BCUT2D eigenvalue weighted by Gasteiger charge is 2.40. The Balaban J connectivity index is 2.04. The first-order valence-corrected chi connectivity index (χ1v) is 8.77. The zero-order valence-electron chi connectivity index (χ0n) is 16.0. The molecular formula is C19H10N4O9. The highest BCUT2D eigenvalue weighted by Crippen LogP contribution is 2.43. The van der Waals surface area contributed by atoms with Gasteiger partial charge in [0.05, 0.1) is 27.9 Å². The summed E-state index contributed by atoms with van der Waals surface area (Å²) in [6.45, 7) is 0. The van der Waals surface area contributed by atoms with Crippen LogP contribution in [0.4, 0.5) is 22.7 Å². The third kappa shape index (κ3) is 2.79. The van der Waals surface area contributed by atoms with Gasteiger partial charge in [-0.3, -0.25) is 39.9 Å². The van der Waals surface area contributed by atoms with E-state index < -0.39 is 49.0 Å². The molecule has 0 bridgehead atoms. The summed E-state index contributed by atoms with van der Waals surface area (Å²) < 4.78 is 4.95. The van der Waals surface area contributed by atoms with Crippen molar-refractivity contribution in [1.29, 1.82) is 0 Å². The molecule has 0 spiro atoms. The molecule has 13 nitrogen and oxygen atoms in total. The summed E-state index contributed by atoms with van der Waals surface area (Å²) in [6, 6.07) is 7.47. The van der Waals surface area contributed by atoms with E-state index in [0.29, 0.717) is 4.90 Å². The highest BCUT2D eigenvalue weighted by molar-refractivity contribution is 6.37. The van der Waals surface area contributed by atoms with Crippen molar-refractivity contribution in [3.05, 3.63) is 83.9 Å². The van der Waals surface area contributed by atoms with Crippen LogP contribution in [-0.4, -0.2) is 33.7 Å². The molecule has 0 N–H and O–H groups in total. The molecule has 0 unspecified atom stereocenters. The van der Waals surface area contributed by atoms with Crippen LogP contribution in [0.15, 0.2) is 42.5 Å². The Hall–Kier alpha value is -4.94. The molecule has 0 aliphatic carbocycles. The fraction of sp³-hybridized carbons (Fsp3) is 0.0526. The normalized spacial score (nSPS) is 12.7. The van der Waals surface area contributed by atoms with E-state index in [1.807, 2.05) is 0 Å². The second kappa shape index (κ2) is 7.09. The lowest BCUT2D eigenvalue weighted by Gasteiger charge is -2.26. The Bertz CT molecular complexity index is 1330. The monoisotopic (exact) mass is 438 g/mol. The van der Waals surface area contributed by atoms with Crippen molar-refractivity contribution in [2.45, 2.75) is 0 Å². The Labute approximate surface area is 176 Å². The van der Waals surface area contributed by atoms with E-state index in [4.69, 9.17) is 4.74 Å². The van der Waals surface area contributed by atoms with E-state index in [1.165, 1.54) is 13.2 Å². The molecular weight excluding hydrogens is 428 g/mol. The number of nitro groups is 3. The SMILES string of the molecule is COc1ccc(N2C(=O)c3ccc([N+](=O)[O-])c4c([N+](=O)[O-])ccc(c34)C2=O)c([N+](=O)[O-])c1. The van der Waals surface area contributed by atoms with Gasteiger partial charge in [-0.05, 0) is 24.3 Å². The lowest BCUT2D eigenvalue weighted by Crippen LogP contribution is -2.40. The van der Waals surface area contributed by atoms with Crippen molar-refractivity contribution in [3.8, 4) is 5.75 Å². The molecule has 3 aromatic carbocycles. The van der Waals surface area contributed by atoms with Crippen molar-refractivity contribution in [2.24, 2.45) is 0 Å². The number of nitro benzene ring substituents is 3. The molecule has 0 aromatic heterocycles. The second-order valence-corrected chi connectivity index (χ2v) is 6.59. The van der Waals surface area contributed by atoms with E-state index in [1.54, 1.807) is 0 Å². The van der Waals surface area contributed by atoms with Crippen LogP contribution in [0, 0.1) is 30.3 Å². The molecule has 3 aromatic rings. The number of hydrogen-bond acceptors (Lipinski definition) is 9. The van der Waals surface area contributed by atoms with E-state index in [9.17, 15) is 39.9 Å². The molecule has 1 aliphatic heterocycles. The summed E-state index contributed by atoms with van der Waals surface area (Å²) >= 11 is 0. The molecule has 0 atom stereocenters. The lowest BCUT2D eigenvalue weighted by molar-refractivity contribution is -0.390. The predicted octanol–water partition coefficient (Wildman–Crippen LogP) is 3.37. The van der Waals surface area contributed by atoms with E-state index in [0.717, 1.165) is 36.4 Å². The Morgan fingerprint density at radius 2 is 1.22 bits per heavy atom. The minimum absolute atomic E-state index is 0.117. The van der Waals surface area contributed by atoms with Crippen molar-refractivity contribution in [3.63, 3.8) is 0 Å². The smallest absolute Gasteiger partial charge is 0.297 e. The molecule has 0 saturated heterocycles. The molecule has 2 amide bonds. The first-order valence-electron chi connectivity index (χ1n) is 8.77. The Morgan fingerprint density at radius 3 is 1.66 bits per heavy atom. The van der Waals surface area contributed by atoms with Gasteiger partial charge in [-0.2, -0.15) is 0 Å². The van der Waals surface area contributed by atoms with Gasteiger partial charge in [-0.1, -0.05) is 0 Å². The van der Waals surface area contributed by atoms with Crippen LogP contribution >= 0.6 is 0 Å². The number of imide groups is 1. The maximum atomic E-state index is 13.2. The fourth-order valence-corrected chi connectivity index (χ4v) is 3.64. The number of amides is 2. The molecule has 160 valence electrons. The number of anilines is 1. The molecule has 0 saturated carbocycles. The average molecular weight is 438 g/mol. The van der Waals surface area contributed by atoms with Crippen LogP contribution in [0.25, 0.3) is 10.8 Å². The van der Waals surface area contributed by atoms with E-state index in [2.05, 4.69) is 0 Å². The first-order chi connectivity index (χ1) is 15.2. The van der Waals surface area contributed by atoms with Gasteiger partial charge < -0.3 is 4.74 Å². The minimum atomic E-state index is -1.02. The maximum absolute atomic E-state index is 13.2. The number of carbonyl (C=O) groups is 2.